The summed E-state index contributed by atoms with van der Waals surface area (Å²) in [6.07, 6.45) is 1.64. The molecule has 3 heterocycles. The maximum atomic E-state index is 11.4. The Labute approximate surface area is 107 Å². The van der Waals surface area contributed by atoms with Gasteiger partial charge < -0.3 is 5.32 Å². The number of hydrogen-bond donors (Lipinski definition) is 2. The number of nitrogens with one attached hydrogen (secondary N) is 2. The number of H-pyrrole nitrogens is 1. The molecule has 0 atom stereocenters. The number of aromatic amines is 1. The van der Waals surface area contributed by atoms with Gasteiger partial charge in [0.05, 0.1) is 5.39 Å². The van der Waals surface area contributed by atoms with E-state index in [9.17, 15) is 4.79 Å². The van der Waals surface area contributed by atoms with Crippen molar-refractivity contribution in [1.29, 1.82) is 0 Å². The van der Waals surface area contributed by atoms with Crippen molar-refractivity contribution in [2.75, 3.05) is 5.32 Å². The van der Waals surface area contributed by atoms with E-state index in [0.29, 0.717) is 18.0 Å². The van der Waals surface area contributed by atoms with E-state index in [1.54, 1.807) is 17.5 Å². The summed E-state index contributed by atoms with van der Waals surface area (Å²) in [5, 5.41) is 8.05. The van der Waals surface area contributed by atoms with Gasteiger partial charge in [0.15, 0.2) is 0 Å². The number of pyridine rings is 1. The molecule has 0 fully saturated rings. The highest BCUT2D eigenvalue weighted by atomic mass is 32.1. The highest BCUT2D eigenvalue weighted by molar-refractivity contribution is 7.07. The summed E-state index contributed by atoms with van der Waals surface area (Å²) in [6, 6.07) is 5.73. The van der Waals surface area contributed by atoms with Crippen LogP contribution in [0.1, 0.15) is 5.56 Å². The Balaban J connectivity index is 1.98. The van der Waals surface area contributed by atoms with Crippen molar-refractivity contribution >= 4 is 28.2 Å². The van der Waals surface area contributed by atoms with Crippen LogP contribution in [0.2, 0.25) is 0 Å². The highest BCUT2D eigenvalue weighted by Gasteiger charge is 2.05. The zero-order chi connectivity index (χ0) is 12.4. The molecule has 6 heteroatoms. The zero-order valence-corrected chi connectivity index (χ0v) is 10.2. The largest absolute Gasteiger partial charge is 0.365 e. The summed E-state index contributed by atoms with van der Waals surface area (Å²) in [5.41, 5.74) is 1.32. The van der Waals surface area contributed by atoms with E-state index in [-0.39, 0.29) is 0 Å². The number of nitrogens with zero attached hydrogens (tertiary/aromatic N) is 2. The Morgan fingerprint density at radius 3 is 3.17 bits per heavy atom. The third-order valence-electron chi connectivity index (χ3n) is 2.54. The molecule has 3 rings (SSSR count). The molecule has 0 aliphatic carbocycles. The number of anilines is 1. The number of fused-ring (bicyclic) bond motifs is 1. The monoisotopic (exact) mass is 258 g/mol. The van der Waals surface area contributed by atoms with Gasteiger partial charge in [-0.1, -0.05) is 0 Å². The average Bonchev–Trinajstić information content (AvgIpc) is 2.89. The minimum absolute atomic E-state index is 0.394. The normalized spacial score (nSPS) is 10.7. The van der Waals surface area contributed by atoms with Crippen LogP contribution < -0.4 is 11.0 Å². The minimum Gasteiger partial charge on any atom is -0.365 e. The second kappa shape index (κ2) is 4.58. The van der Waals surface area contributed by atoms with Gasteiger partial charge in [-0.2, -0.15) is 16.3 Å². The molecule has 0 amide bonds. The van der Waals surface area contributed by atoms with Gasteiger partial charge in [-0.3, -0.25) is 4.98 Å². The molecule has 3 aromatic heterocycles. The molecular weight excluding hydrogens is 248 g/mol. The topological polar surface area (TPSA) is 70.7 Å². The van der Waals surface area contributed by atoms with E-state index >= 15 is 0 Å². The third kappa shape index (κ3) is 2.10. The fraction of sp³-hybridized carbons (Fsp3) is 0.0833. The van der Waals surface area contributed by atoms with Gasteiger partial charge in [-0.15, -0.1) is 0 Å². The predicted octanol–water partition coefficient (Wildman–Crippen LogP) is 1.99. The zero-order valence-electron chi connectivity index (χ0n) is 9.38. The molecule has 0 bridgehead atoms. The van der Waals surface area contributed by atoms with Crippen LogP contribution in [0.5, 0.6) is 0 Å². The highest BCUT2D eigenvalue weighted by Crippen LogP contribution is 2.16. The summed E-state index contributed by atoms with van der Waals surface area (Å²) in [4.78, 5) is 22.1. The Morgan fingerprint density at radius 1 is 1.39 bits per heavy atom. The maximum absolute atomic E-state index is 11.4. The molecule has 18 heavy (non-hydrogen) atoms. The van der Waals surface area contributed by atoms with Crippen molar-refractivity contribution in [3.8, 4) is 0 Å². The van der Waals surface area contributed by atoms with E-state index in [1.165, 1.54) is 5.56 Å². The number of thiophene rings is 1. The van der Waals surface area contributed by atoms with E-state index in [1.807, 2.05) is 23.6 Å². The van der Waals surface area contributed by atoms with Crippen LogP contribution in [0.3, 0.4) is 0 Å². The molecule has 0 aliphatic rings. The standard InChI is InChI=1S/C12H10N4OS/c17-12-15-10-9(2-1-4-13-10)11(16-12)14-6-8-3-5-18-7-8/h1-5,7H,6H2,(H2,13,14,15,16,17). The van der Waals surface area contributed by atoms with Crippen molar-refractivity contribution in [2.45, 2.75) is 6.54 Å². The van der Waals surface area contributed by atoms with Gasteiger partial charge in [0.2, 0.25) is 0 Å². The van der Waals surface area contributed by atoms with Crippen molar-refractivity contribution in [1.82, 2.24) is 15.0 Å². The predicted molar refractivity (Wildman–Crippen MR) is 71.8 cm³/mol. The van der Waals surface area contributed by atoms with Gasteiger partial charge in [0, 0.05) is 12.7 Å². The van der Waals surface area contributed by atoms with Gasteiger partial charge in [0.1, 0.15) is 11.5 Å². The SMILES string of the molecule is O=c1nc(NCc2ccsc2)c2cccnc2[nH]1. The first kappa shape index (κ1) is 10.9. The molecule has 0 radical (unpaired) electrons. The lowest BCUT2D eigenvalue weighted by Crippen LogP contribution is -2.14. The van der Waals surface area contributed by atoms with Crippen LogP contribution in [-0.4, -0.2) is 15.0 Å². The smallest absolute Gasteiger partial charge is 0.348 e. The number of hydrogen-bond acceptors (Lipinski definition) is 5. The molecule has 2 N–H and O–H groups in total. The molecule has 5 nitrogen and oxygen atoms in total. The van der Waals surface area contributed by atoms with Crippen LogP contribution in [0.15, 0.2) is 40.0 Å². The molecule has 0 saturated heterocycles. The number of aromatic nitrogens is 3. The summed E-state index contributed by atoms with van der Waals surface area (Å²) in [5.74, 6) is 0.563. The second-order valence-corrected chi connectivity index (χ2v) is 4.56. The van der Waals surface area contributed by atoms with E-state index in [4.69, 9.17) is 0 Å². The molecule has 0 aromatic carbocycles. The van der Waals surface area contributed by atoms with Crippen LogP contribution in [0.25, 0.3) is 11.0 Å². The first-order valence-electron chi connectivity index (χ1n) is 5.43. The summed E-state index contributed by atoms with van der Waals surface area (Å²) >= 11 is 1.64. The lowest BCUT2D eigenvalue weighted by atomic mass is 10.3. The van der Waals surface area contributed by atoms with Crippen molar-refractivity contribution < 1.29 is 0 Å². The van der Waals surface area contributed by atoms with Gasteiger partial charge in [0.25, 0.3) is 0 Å². The average molecular weight is 258 g/mol. The van der Waals surface area contributed by atoms with E-state index in [0.717, 1.165) is 5.39 Å². The molecule has 0 saturated carbocycles. The van der Waals surface area contributed by atoms with Crippen molar-refractivity contribution in [3.05, 3.63) is 51.2 Å². The molecule has 90 valence electrons. The maximum Gasteiger partial charge on any atom is 0.348 e. The van der Waals surface area contributed by atoms with Gasteiger partial charge in [-0.05, 0) is 34.5 Å². The van der Waals surface area contributed by atoms with Crippen molar-refractivity contribution in [3.63, 3.8) is 0 Å². The Morgan fingerprint density at radius 2 is 2.33 bits per heavy atom. The lowest BCUT2D eigenvalue weighted by molar-refractivity contribution is 1.06. The quantitative estimate of drug-likeness (QED) is 0.753. The summed E-state index contributed by atoms with van der Waals surface area (Å²) in [6.45, 7) is 0.643. The van der Waals surface area contributed by atoms with Gasteiger partial charge >= 0.3 is 5.69 Å². The fourth-order valence-electron chi connectivity index (χ4n) is 1.70. The molecule has 0 unspecified atom stereocenters. The first-order valence-corrected chi connectivity index (χ1v) is 6.37. The van der Waals surface area contributed by atoms with Crippen LogP contribution in [-0.2, 0) is 6.54 Å². The van der Waals surface area contributed by atoms with Crippen LogP contribution in [0.4, 0.5) is 5.82 Å². The second-order valence-electron chi connectivity index (χ2n) is 3.78. The molecular formula is C12H10N4OS. The lowest BCUT2D eigenvalue weighted by Gasteiger charge is -2.06. The van der Waals surface area contributed by atoms with E-state index in [2.05, 4.69) is 25.6 Å². The Kier molecular flexibility index (Phi) is 2.77. The summed E-state index contributed by atoms with van der Waals surface area (Å²) in [7, 11) is 0. The molecule has 0 aliphatic heterocycles. The third-order valence-corrected chi connectivity index (χ3v) is 3.27. The van der Waals surface area contributed by atoms with Crippen LogP contribution in [0, 0.1) is 0 Å². The Bertz CT molecular complexity index is 720. The van der Waals surface area contributed by atoms with Crippen molar-refractivity contribution in [2.24, 2.45) is 0 Å². The fourth-order valence-corrected chi connectivity index (χ4v) is 2.37. The summed E-state index contributed by atoms with van der Waals surface area (Å²) < 4.78 is 0. The number of rotatable bonds is 3. The Hall–Kier alpha value is -2.21. The molecule has 0 spiro atoms. The van der Waals surface area contributed by atoms with E-state index < -0.39 is 5.69 Å². The minimum atomic E-state index is -0.394. The first-order chi connectivity index (χ1) is 8.83. The van der Waals surface area contributed by atoms with Crippen LogP contribution >= 0.6 is 11.3 Å². The van der Waals surface area contributed by atoms with Gasteiger partial charge in [-0.25, -0.2) is 9.78 Å². The molecule has 3 aromatic rings.